The molecular weight excluding hydrogens is 426 g/mol. The van der Waals surface area contributed by atoms with Crippen LogP contribution in [0.3, 0.4) is 0 Å². The van der Waals surface area contributed by atoms with Crippen LogP contribution >= 0.6 is 0 Å². The molecule has 0 radical (unpaired) electrons. The van der Waals surface area contributed by atoms with Gasteiger partial charge in [0.2, 0.25) is 5.91 Å². The van der Waals surface area contributed by atoms with E-state index < -0.39 is 0 Å². The summed E-state index contributed by atoms with van der Waals surface area (Å²) in [6.07, 6.45) is 0. The topological polar surface area (TPSA) is 79.5 Å². The fraction of sp³-hybridized carbons (Fsp3) is 0.143. The number of anilines is 3. The highest BCUT2D eigenvalue weighted by Gasteiger charge is 2.11. The Labute approximate surface area is 199 Å². The van der Waals surface area contributed by atoms with Crippen LogP contribution in [-0.4, -0.2) is 18.4 Å². The van der Waals surface area contributed by atoms with E-state index in [4.69, 9.17) is 4.74 Å². The lowest BCUT2D eigenvalue weighted by molar-refractivity contribution is -0.118. The summed E-state index contributed by atoms with van der Waals surface area (Å²) in [5, 5.41) is 11.2. The summed E-state index contributed by atoms with van der Waals surface area (Å²) < 4.78 is 5.95. The number of nitrogens with one attached hydrogen (secondary N) is 3. The van der Waals surface area contributed by atoms with Crippen molar-refractivity contribution in [3.8, 4) is 5.75 Å². The average molecular weight is 454 g/mol. The number of benzene rings is 4. The van der Waals surface area contributed by atoms with Gasteiger partial charge in [-0.1, -0.05) is 48.0 Å². The number of amides is 2. The van der Waals surface area contributed by atoms with E-state index in [-0.39, 0.29) is 18.4 Å². The third kappa shape index (κ3) is 5.92. The Morgan fingerprint density at radius 3 is 2.15 bits per heavy atom. The number of hydrogen-bond acceptors (Lipinski definition) is 4. The van der Waals surface area contributed by atoms with Crippen molar-refractivity contribution in [3.63, 3.8) is 0 Å². The van der Waals surface area contributed by atoms with Crippen LogP contribution in [0.5, 0.6) is 5.75 Å². The van der Waals surface area contributed by atoms with Crippen LogP contribution in [0.25, 0.3) is 10.8 Å². The van der Waals surface area contributed by atoms with Crippen molar-refractivity contribution in [3.05, 3.63) is 96.1 Å². The zero-order valence-electron chi connectivity index (χ0n) is 19.2. The third-order valence-corrected chi connectivity index (χ3v) is 5.37. The van der Waals surface area contributed by atoms with Gasteiger partial charge in [0.05, 0.1) is 0 Å². The summed E-state index contributed by atoms with van der Waals surface area (Å²) in [6, 6.07) is 27.1. The molecule has 6 nitrogen and oxygen atoms in total. The first kappa shape index (κ1) is 22.9. The summed E-state index contributed by atoms with van der Waals surface area (Å²) >= 11 is 0. The molecule has 0 bridgehead atoms. The fourth-order valence-electron chi connectivity index (χ4n) is 3.68. The molecule has 4 rings (SSSR count). The second-order valence-corrected chi connectivity index (χ2v) is 8.08. The maximum atomic E-state index is 12.5. The Kier molecular flexibility index (Phi) is 7.08. The van der Waals surface area contributed by atoms with Crippen molar-refractivity contribution in [2.45, 2.75) is 20.4 Å². The smallest absolute Gasteiger partial charge is 0.262 e. The molecule has 0 atom stereocenters. The molecule has 4 aromatic carbocycles. The number of rotatable bonds is 8. The maximum Gasteiger partial charge on any atom is 0.262 e. The molecule has 0 aliphatic rings. The van der Waals surface area contributed by atoms with Crippen LogP contribution in [0, 0.1) is 6.92 Å². The van der Waals surface area contributed by atoms with Gasteiger partial charge in [-0.25, -0.2) is 0 Å². The van der Waals surface area contributed by atoms with Gasteiger partial charge in [0.1, 0.15) is 5.75 Å². The number of hydrogen-bond donors (Lipinski definition) is 3. The van der Waals surface area contributed by atoms with E-state index >= 15 is 0 Å². The van der Waals surface area contributed by atoms with E-state index in [1.165, 1.54) is 6.92 Å². The molecular formula is C28H27N3O3. The Hall–Kier alpha value is -4.32. The predicted octanol–water partition coefficient (Wildman–Crippen LogP) is 5.74. The molecule has 0 heterocycles. The highest BCUT2D eigenvalue weighted by atomic mass is 16.5. The van der Waals surface area contributed by atoms with Crippen molar-refractivity contribution in [2.24, 2.45) is 0 Å². The standard InChI is InChI=1S/C28H27N3O3/c1-19-7-10-24(11-8-19)31-28(33)18-34-27-16-9-21-5-3-4-6-25(21)26(27)17-29-22-12-14-23(15-13-22)30-20(2)32/h3-16,29H,17-18H2,1-2H3,(H,30,32)(H,31,33). The van der Waals surface area contributed by atoms with Crippen LogP contribution in [0.1, 0.15) is 18.1 Å². The van der Waals surface area contributed by atoms with Crippen molar-refractivity contribution in [2.75, 3.05) is 22.6 Å². The van der Waals surface area contributed by atoms with Crippen molar-refractivity contribution in [1.29, 1.82) is 0 Å². The van der Waals surface area contributed by atoms with E-state index in [0.29, 0.717) is 12.3 Å². The predicted molar refractivity (Wildman–Crippen MR) is 137 cm³/mol. The molecule has 0 aliphatic carbocycles. The minimum Gasteiger partial charge on any atom is -0.483 e. The maximum absolute atomic E-state index is 12.5. The zero-order valence-corrected chi connectivity index (χ0v) is 19.2. The Morgan fingerprint density at radius 1 is 0.765 bits per heavy atom. The highest BCUT2D eigenvalue weighted by molar-refractivity contribution is 5.92. The molecule has 0 spiro atoms. The van der Waals surface area contributed by atoms with Gasteiger partial charge in [-0.2, -0.15) is 0 Å². The van der Waals surface area contributed by atoms with Gasteiger partial charge in [-0.15, -0.1) is 0 Å². The Morgan fingerprint density at radius 2 is 1.41 bits per heavy atom. The number of aryl methyl sites for hydroxylation is 1. The lowest BCUT2D eigenvalue weighted by atomic mass is 10.0. The lowest BCUT2D eigenvalue weighted by Gasteiger charge is -2.16. The van der Waals surface area contributed by atoms with Crippen LogP contribution in [0.2, 0.25) is 0 Å². The molecule has 0 saturated heterocycles. The molecule has 0 fully saturated rings. The quantitative estimate of drug-likeness (QED) is 0.318. The fourth-order valence-corrected chi connectivity index (χ4v) is 3.68. The first-order valence-corrected chi connectivity index (χ1v) is 11.1. The van der Waals surface area contributed by atoms with Crippen molar-refractivity contribution in [1.82, 2.24) is 0 Å². The first-order valence-electron chi connectivity index (χ1n) is 11.1. The number of carbonyl (C=O) groups excluding carboxylic acids is 2. The normalized spacial score (nSPS) is 10.5. The van der Waals surface area contributed by atoms with Crippen LogP contribution in [0.4, 0.5) is 17.1 Å². The molecule has 0 aliphatic heterocycles. The first-order chi connectivity index (χ1) is 16.5. The molecule has 0 unspecified atom stereocenters. The van der Waals surface area contributed by atoms with Crippen LogP contribution < -0.4 is 20.7 Å². The lowest BCUT2D eigenvalue weighted by Crippen LogP contribution is -2.20. The summed E-state index contributed by atoms with van der Waals surface area (Å²) in [7, 11) is 0. The van der Waals surface area contributed by atoms with Crippen molar-refractivity contribution >= 4 is 39.6 Å². The van der Waals surface area contributed by atoms with E-state index in [0.717, 1.165) is 39.0 Å². The molecule has 0 saturated carbocycles. The summed E-state index contributed by atoms with van der Waals surface area (Å²) in [5.74, 6) is 0.328. The van der Waals surface area contributed by atoms with Gasteiger partial charge in [-0.3, -0.25) is 9.59 Å². The van der Waals surface area contributed by atoms with Gasteiger partial charge >= 0.3 is 0 Å². The molecule has 172 valence electrons. The summed E-state index contributed by atoms with van der Waals surface area (Å²) in [5.41, 5.74) is 4.48. The molecule has 0 aromatic heterocycles. The van der Waals surface area contributed by atoms with Gasteiger partial charge in [0.25, 0.3) is 5.91 Å². The zero-order chi connectivity index (χ0) is 23.9. The minimum absolute atomic E-state index is 0.0926. The van der Waals surface area contributed by atoms with E-state index in [9.17, 15) is 9.59 Å². The van der Waals surface area contributed by atoms with Crippen LogP contribution in [0.15, 0.2) is 84.9 Å². The second kappa shape index (κ2) is 10.5. The molecule has 34 heavy (non-hydrogen) atoms. The highest BCUT2D eigenvalue weighted by Crippen LogP contribution is 2.29. The number of carbonyl (C=O) groups is 2. The van der Waals surface area contributed by atoms with Crippen LogP contribution in [-0.2, 0) is 16.1 Å². The number of ether oxygens (including phenoxy) is 1. The average Bonchev–Trinajstić information content (AvgIpc) is 2.83. The minimum atomic E-state index is -0.218. The number of fused-ring (bicyclic) bond motifs is 1. The largest absolute Gasteiger partial charge is 0.483 e. The van der Waals surface area contributed by atoms with Crippen molar-refractivity contribution < 1.29 is 14.3 Å². The van der Waals surface area contributed by atoms with E-state index in [2.05, 4.69) is 22.0 Å². The Balaban J connectivity index is 1.48. The summed E-state index contributed by atoms with van der Waals surface area (Å²) in [6.45, 7) is 3.90. The molecule has 4 aromatic rings. The second-order valence-electron chi connectivity index (χ2n) is 8.08. The van der Waals surface area contributed by atoms with Gasteiger partial charge in [-0.05, 0) is 60.2 Å². The SMILES string of the molecule is CC(=O)Nc1ccc(NCc2c(OCC(=O)Nc3ccc(C)cc3)ccc3ccccc23)cc1. The molecule has 6 heteroatoms. The molecule has 2 amide bonds. The third-order valence-electron chi connectivity index (χ3n) is 5.37. The summed E-state index contributed by atoms with van der Waals surface area (Å²) in [4.78, 5) is 23.7. The van der Waals surface area contributed by atoms with E-state index in [1.807, 2.05) is 85.8 Å². The molecule has 3 N–H and O–H groups in total. The van der Waals surface area contributed by atoms with Gasteiger partial charge < -0.3 is 20.7 Å². The Bertz CT molecular complexity index is 1300. The van der Waals surface area contributed by atoms with Gasteiger partial charge in [0.15, 0.2) is 6.61 Å². The van der Waals surface area contributed by atoms with Gasteiger partial charge in [0, 0.05) is 36.1 Å². The van der Waals surface area contributed by atoms with E-state index in [1.54, 1.807) is 0 Å². The monoisotopic (exact) mass is 453 g/mol.